The molecule has 0 spiro atoms. The Morgan fingerprint density at radius 2 is 2.16 bits per heavy atom. The summed E-state index contributed by atoms with van der Waals surface area (Å²) in [4.78, 5) is 10.8. The van der Waals surface area contributed by atoms with E-state index in [1.165, 1.54) is 12.8 Å². The largest absolute Gasteiger partial charge is 0.356 e. The number of hydrogen-bond acceptors (Lipinski definition) is 6. The Hall–Kier alpha value is -1.69. The van der Waals surface area contributed by atoms with Crippen molar-refractivity contribution in [2.75, 3.05) is 24.5 Å². The molecule has 2 N–H and O–H groups in total. The Labute approximate surface area is 112 Å². The van der Waals surface area contributed by atoms with E-state index in [0.29, 0.717) is 5.71 Å². The van der Waals surface area contributed by atoms with E-state index in [1.807, 2.05) is 6.92 Å². The molecule has 1 saturated heterocycles. The van der Waals surface area contributed by atoms with E-state index in [0.717, 1.165) is 48.9 Å². The SMILES string of the molecule is Cc1noc2ncnc(N3CCC(CCN)CC3)c12. The maximum absolute atomic E-state index is 5.63. The van der Waals surface area contributed by atoms with Gasteiger partial charge < -0.3 is 15.2 Å². The molecule has 0 aliphatic carbocycles. The van der Waals surface area contributed by atoms with Crippen LogP contribution in [0.15, 0.2) is 10.9 Å². The van der Waals surface area contributed by atoms with Crippen LogP contribution in [0.2, 0.25) is 0 Å². The van der Waals surface area contributed by atoms with Gasteiger partial charge in [-0.1, -0.05) is 5.16 Å². The quantitative estimate of drug-likeness (QED) is 0.901. The zero-order valence-corrected chi connectivity index (χ0v) is 11.2. The summed E-state index contributed by atoms with van der Waals surface area (Å²) in [6.07, 6.45) is 5.02. The van der Waals surface area contributed by atoms with E-state index in [9.17, 15) is 0 Å². The van der Waals surface area contributed by atoms with Crippen LogP contribution < -0.4 is 10.6 Å². The highest BCUT2D eigenvalue weighted by Gasteiger charge is 2.23. The highest BCUT2D eigenvalue weighted by atomic mass is 16.5. The maximum atomic E-state index is 5.63. The molecular formula is C13H19N5O. The second-order valence-electron chi connectivity index (χ2n) is 5.15. The molecule has 0 atom stereocenters. The summed E-state index contributed by atoms with van der Waals surface area (Å²) in [5, 5.41) is 4.92. The molecule has 2 aromatic heterocycles. The molecule has 3 heterocycles. The molecular weight excluding hydrogens is 242 g/mol. The van der Waals surface area contributed by atoms with Crippen LogP contribution in [0.1, 0.15) is 25.0 Å². The average molecular weight is 261 g/mol. The van der Waals surface area contributed by atoms with Crippen LogP contribution in [0.4, 0.5) is 5.82 Å². The van der Waals surface area contributed by atoms with Gasteiger partial charge in [-0.3, -0.25) is 0 Å². The highest BCUT2D eigenvalue weighted by molar-refractivity contribution is 5.87. The summed E-state index contributed by atoms with van der Waals surface area (Å²) in [5.74, 6) is 1.71. The Bertz CT molecular complexity index is 559. The van der Waals surface area contributed by atoms with Gasteiger partial charge in [-0.15, -0.1) is 0 Å². The lowest BCUT2D eigenvalue weighted by Gasteiger charge is -2.32. The predicted octanol–water partition coefficient (Wildman–Crippen LogP) is 1.49. The molecule has 102 valence electrons. The number of hydrogen-bond donors (Lipinski definition) is 1. The first-order valence-electron chi connectivity index (χ1n) is 6.81. The molecule has 19 heavy (non-hydrogen) atoms. The van der Waals surface area contributed by atoms with Crippen molar-refractivity contribution in [1.29, 1.82) is 0 Å². The molecule has 0 amide bonds. The Balaban J connectivity index is 1.84. The van der Waals surface area contributed by atoms with Gasteiger partial charge >= 0.3 is 0 Å². The van der Waals surface area contributed by atoms with Gasteiger partial charge in [0.2, 0.25) is 0 Å². The number of piperidine rings is 1. The molecule has 0 saturated carbocycles. The number of fused-ring (bicyclic) bond motifs is 1. The average Bonchev–Trinajstić information content (AvgIpc) is 2.82. The first-order chi connectivity index (χ1) is 9.29. The van der Waals surface area contributed by atoms with Crippen LogP contribution in [0.5, 0.6) is 0 Å². The number of aryl methyl sites for hydroxylation is 1. The topological polar surface area (TPSA) is 81.1 Å². The number of aromatic nitrogens is 3. The van der Waals surface area contributed by atoms with Crippen molar-refractivity contribution in [1.82, 2.24) is 15.1 Å². The molecule has 0 unspecified atom stereocenters. The highest BCUT2D eigenvalue weighted by Crippen LogP contribution is 2.29. The summed E-state index contributed by atoms with van der Waals surface area (Å²) in [6, 6.07) is 0. The fourth-order valence-electron chi connectivity index (χ4n) is 2.81. The lowest BCUT2D eigenvalue weighted by Crippen LogP contribution is -2.35. The fraction of sp³-hybridized carbons (Fsp3) is 0.615. The Morgan fingerprint density at radius 1 is 1.37 bits per heavy atom. The molecule has 0 radical (unpaired) electrons. The molecule has 0 aromatic carbocycles. The molecule has 0 bridgehead atoms. The van der Waals surface area contributed by atoms with E-state index in [-0.39, 0.29) is 0 Å². The molecule has 1 aliphatic heterocycles. The van der Waals surface area contributed by atoms with E-state index >= 15 is 0 Å². The maximum Gasteiger partial charge on any atom is 0.263 e. The second kappa shape index (κ2) is 5.13. The molecule has 1 aliphatic rings. The van der Waals surface area contributed by atoms with E-state index < -0.39 is 0 Å². The second-order valence-corrected chi connectivity index (χ2v) is 5.15. The van der Waals surface area contributed by atoms with Gasteiger partial charge in [0.25, 0.3) is 5.71 Å². The van der Waals surface area contributed by atoms with Gasteiger partial charge in [-0.05, 0) is 38.6 Å². The molecule has 1 fully saturated rings. The minimum absolute atomic E-state index is 0.576. The fourth-order valence-corrected chi connectivity index (χ4v) is 2.81. The summed E-state index contributed by atoms with van der Waals surface area (Å²) >= 11 is 0. The number of anilines is 1. The first-order valence-corrected chi connectivity index (χ1v) is 6.81. The Kier molecular flexibility index (Phi) is 3.33. The van der Waals surface area contributed by atoms with Crippen LogP contribution in [-0.2, 0) is 0 Å². The third-order valence-electron chi connectivity index (χ3n) is 3.91. The van der Waals surface area contributed by atoms with Crippen molar-refractivity contribution < 1.29 is 4.52 Å². The van der Waals surface area contributed by atoms with Crippen molar-refractivity contribution in [3.8, 4) is 0 Å². The van der Waals surface area contributed by atoms with Crippen molar-refractivity contribution in [3.63, 3.8) is 0 Å². The van der Waals surface area contributed by atoms with Gasteiger partial charge in [0.1, 0.15) is 17.5 Å². The smallest absolute Gasteiger partial charge is 0.263 e. The van der Waals surface area contributed by atoms with Crippen molar-refractivity contribution >= 4 is 16.9 Å². The van der Waals surface area contributed by atoms with Crippen LogP contribution >= 0.6 is 0 Å². The molecule has 2 aromatic rings. The number of nitrogens with zero attached hydrogens (tertiary/aromatic N) is 4. The lowest BCUT2D eigenvalue weighted by molar-refractivity contribution is 0.385. The van der Waals surface area contributed by atoms with Crippen LogP contribution in [0.25, 0.3) is 11.1 Å². The monoisotopic (exact) mass is 261 g/mol. The minimum Gasteiger partial charge on any atom is -0.356 e. The van der Waals surface area contributed by atoms with Gasteiger partial charge in [0.05, 0.1) is 5.69 Å². The van der Waals surface area contributed by atoms with Gasteiger partial charge in [0.15, 0.2) is 0 Å². The summed E-state index contributed by atoms with van der Waals surface area (Å²) in [6.45, 7) is 4.75. The van der Waals surface area contributed by atoms with Crippen molar-refractivity contribution in [2.24, 2.45) is 11.7 Å². The van der Waals surface area contributed by atoms with Crippen LogP contribution in [0, 0.1) is 12.8 Å². The minimum atomic E-state index is 0.576. The first kappa shape index (κ1) is 12.3. The molecule has 6 heteroatoms. The third kappa shape index (κ3) is 2.28. The normalized spacial score (nSPS) is 17.3. The summed E-state index contributed by atoms with van der Waals surface area (Å²) in [5.41, 5.74) is 7.06. The summed E-state index contributed by atoms with van der Waals surface area (Å²) in [7, 11) is 0. The standard InChI is InChI=1S/C13H19N5O/c1-9-11-12(15-8-16-13(11)19-17-9)18-6-3-10(2-5-14)4-7-18/h8,10H,2-7,14H2,1H3. The van der Waals surface area contributed by atoms with Crippen molar-refractivity contribution in [3.05, 3.63) is 12.0 Å². The van der Waals surface area contributed by atoms with Crippen molar-refractivity contribution in [2.45, 2.75) is 26.2 Å². The lowest BCUT2D eigenvalue weighted by atomic mass is 9.93. The van der Waals surface area contributed by atoms with Crippen LogP contribution in [-0.4, -0.2) is 34.8 Å². The number of rotatable bonds is 3. The zero-order chi connectivity index (χ0) is 13.2. The zero-order valence-electron chi connectivity index (χ0n) is 11.2. The predicted molar refractivity (Wildman–Crippen MR) is 72.9 cm³/mol. The van der Waals surface area contributed by atoms with E-state index in [1.54, 1.807) is 6.33 Å². The number of nitrogens with two attached hydrogens (primary N) is 1. The Morgan fingerprint density at radius 3 is 2.89 bits per heavy atom. The molecule has 3 rings (SSSR count). The van der Waals surface area contributed by atoms with Gasteiger partial charge in [0, 0.05) is 13.1 Å². The van der Waals surface area contributed by atoms with Gasteiger partial charge in [-0.2, -0.15) is 4.98 Å². The van der Waals surface area contributed by atoms with Gasteiger partial charge in [-0.25, -0.2) is 4.98 Å². The summed E-state index contributed by atoms with van der Waals surface area (Å²) < 4.78 is 5.20. The van der Waals surface area contributed by atoms with E-state index in [2.05, 4.69) is 20.0 Å². The third-order valence-corrected chi connectivity index (χ3v) is 3.91. The van der Waals surface area contributed by atoms with E-state index in [4.69, 9.17) is 10.3 Å². The van der Waals surface area contributed by atoms with Crippen LogP contribution in [0.3, 0.4) is 0 Å². The molecule has 6 nitrogen and oxygen atoms in total.